The molecular formula is C12H20ClN3. The second kappa shape index (κ2) is 6.04. The molecule has 0 fully saturated rings. The highest BCUT2D eigenvalue weighted by Gasteiger charge is 2.17. The number of hydrogen-bond donors (Lipinski definition) is 1. The molecular weight excluding hydrogens is 222 g/mol. The van der Waals surface area contributed by atoms with Gasteiger partial charge in [-0.15, -0.1) is 0 Å². The summed E-state index contributed by atoms with van der Waals surface area (Å²) in [5, 5.41) is 3.79. The highest BCUT2D eigenvalue weighted by Crippen LogP contribution is 2.21. The summed E-state index contributed by atoms with van der Waals surface area (Å²) in [5.41, 5.74) is 0. The van der Waals surface area contributed by atoms with Crippen LogP contribution in [0.4, 0.5) is 5.82 Å². The van der Waals surface area contributed by atoms with Gasteiger partial charge in [-0.1, -0.05) is 39.3 Å². The van der Waals surface area contributed by atoms with Crippen LogP contribution in [0, 0.1) is 17.8 Å². The lowest BCUT2D eigenvalue weighted by atomic mass is 9.85. The van der Waals surface area contributed by atoms with Crippen molar-refractivity contribution >= 4 is 17.4 Å². The normalized spacial score (nSPS) is 11.5. The van der Waals surface area contributed by atoms with Gasteiger partial charge in [0.15, 0.2) is 0 Å². The molecule has 0 aliphatic carbocycles. The van der Waals surface area contributed by atoms with E-state index in [0.717, 1.165) is 12.4 Å². The maximum atomic E-state index is 5.79. The second-order valence-corrected chi connectivity index (χ2v) is 5.15. The first-order chi connectivity index (χ1) is 7.50. The van der Waals surface area contributed by atoms with E-state index in [1.165, 1.54) is 6.33 Å². The molecule has 0 aromatic carbocycles. The van der Waals surface area contributed by atoms with Gasteiger partial charge in [0.05, 0.1) is 0 Å². The van der Waals surface area contributed by atoms with Gasteiger partial charge in [-0.05, 0) is 17.8 Å². The Morgan fingerprint density at radius 2 is 1.81 bits per heavy atom. The predicted molar refractivity (Wildman–Crippen MR) is 68.7 cm³/mol. The Kier molecular flexibility index (Phi) is 5.00. The van der Waals surface area contributed by atoms with Crippen LogP contribution in [0.2, 0.25) is 5.15 Å². The fraction of sp³-hybridized carbons (Fsp3) is 0.667. The van der Waals surface area contributed by atoms with E-state index in [1.54, 1.807) is 6.07 Å². The maximum absolute atomic E-state index is 5.79. The first-order valence-electron chi connectivity index (χ1n) is 5.72. The molecule has 1 rings (SSSR count). The van der Waals surface area contributed by atoms with E-state index < -0.39 is 0 Å². The molecule has 1 aromatic rings. The van der Waals surface area contributed by atoms with Crippen molar-refractivity contribution in [2.45, 2.75) is 27.7 Å². The van der Waals surface area contributed by atoms with Crippen LogP contribution in [0.1, 0.15) is 27.7 Å². The summed E-state index contributed by atoms with van der Waals surface area (Å²) in [5.74, 6) is 2.75. The largest absolute Gasteiger partial charge is 0.370 e. The van der Waals surface area contributed by atoms with Crippen molar-refractivity contribution in [2.24, 2.45) is 17.8 Å². The van der Waals surface area contributed by atoms with E-state index in [0.29, 0.717) is 22.9 Å². The van der Waals surface area contributed by atoms with Crippen LogP contribution >= 0.6 is 11.6 Å². The lowest BCUT2D eigenvalue weighted by molar-refractivity contribution is 0.304. The highest BCUT2D eigenvalue weighted by atomic mass is 35.5. The van der Waals surface area contributed by atoms with Crippen LogP contribution in [0.15, 0.2) is 12.4 Å². The van der Waals surface area contributed by atoms with Crippen LogP contribution < -0.4 is 5.32 Å². The lowest BCUT2D eigenvalue weighted by Crippen LogP contribution is -2.24. The summed E-state index contributed by atoms with van der Waals surface area (Å²) in [4.78, 5) is 7.97. The van der Waals surface area contributed by atoms with Crippen molar-refractivity contribution in [1.29, 1.82) is 0 Å². The Morgan fingerprint density at radius 1 is 1.19 bits per heavy atom. The van der Waals surface area contributed by atoms with Crippen molar-refractivity contribution in [2.75, 3.05) is 11.9 Å². The number of nitrogens with one attached hydrogen (secondary N) is 1. The molecule has 90 valence electrons. The van der Waals surface area contributed by atoms with Crippen molar-refractivity contribution < 1.29 is 0 Å². The Balaban J connectivity index is 2.55. The standard InChI is InChI=1S/C12H20ClN3/c1-8(2)10(9(3)4)6-14-12-5-11(13)15-7-16-12/h5,7-10H,6H2,1-4H3,(H,14,15,16). The summed E-state index contributed by atoms with van der Waals surface area (Å²) in [6, 6.07) is 1.75. The highest BCUT2D eigenvalue weighted by molar-refractivity contribution is 6.29. The third-order valence-electron chi connectivity index (χ3n) is 2.87. The Bertz CT molecular complexity index is 318. The minimum absolute atomic E-state index is 0.475. The molecule has 1 heterocycles. The monoisotopic (exact) mass is 241 g/mol. The fourth-order valence-corrected chi connectivity index (χ4v) is 2.04. The third-order valence-corrected chi connectivity index (χ3v) is 3.07. The molecule has 0 spiro atoms. The Hall–Kier alpha value is -0.830. The van der Waals surface area contributed by atoms with E-state index in [1.807, 2.05) is 0 Å². The maximum Gasteiger partial charge on any atom is 0.134 e. The number of nitrogens with zero attached hydrogens (tertiary/aromatic N) is 2. The van der Waals surface area contributed by atoms with Gasteiger partial charge in [-0.2, -0.15) is 0 Å². The first-order valence-corrected chi connectivity index (χ1v) is 6.10. The Labute approximate surface area is 103 Å². The van der Waals surface area contributed by atoms with Crippen LogP contribution in [0.5, 0.6) is 0 Å². The van der Waals surface area contributed by atoms with Crippen molar-refractivity contribution in [1.82, 2.24) is 9.97 Å². The average Bonchev–Trinajstić information content (AvgIpc) is 2.16. The molecule has 0 aliphatic heterocycles. The van der Waals surface area contributed by atoms with E-state index in [9.17, 15) is 0 Å². The molecule has 0 aliphatic rings. The molecule has 1 aromatic heterocycles. The van der Waals surface area contributed by atoms with Gasteiger partial charge < -0.3 is 5.32 Å². The summed E-state index contributed by atoms with van der Waals surface area (Å²) in [7, 11) is 0. The zero-order valence-electron chi connectivity index (χ0n) is 10.4. The van der Waals surface area contributed by atoms with Crippen LogP contribution in [-0.2, 0) is 0 Å². The topological polar surface area (TPSA) is 37.8 Å². The van der Waals surface area contributed by atoms with E-state index in [2.05, 4.69) is 43.0 Å². The molecule has 0 bridgehead atoms. The molecule has 0 unspecified atom stereocenters. The molecule has 0 saturated heterocycles. The SMILES string of the molecule is CC(C)C(CNc1cc(Cl)ncn1)C(C)C. The molecule has 3 nitrogen and oxygen atoms in total. The Morgan fingerprint density at radius 3 is 2.31 bits per heavy atom. The number of rotatable bonds is 5. The van der Waals surface area contributed by atoms with E-state index >= 15 is 0 Å². The van der Waals surface area contributed by atoms with Gasteiger partial charge >= 0.3 is 0 Å². The minimum atomic E-state index is 0.475. The quantitative estimate of drug-likeness (QED) is 0.803. The number of anilines is 1. The summed E-state index contributed by atoms with van der Waals surface area (Å²) in [6.45, 7) is 9.92. The molecule has 0 saturated carbocycles. The van der Waals surface area contributed by atoms with Crippen molar-refractivity contribution in [3.8, 4) is 0 Å². The lowest BCUT2D eigenvalue weighted by Gasteiger charge is -2.25. The molecule has 0 radical (unpaired) electrons. The molecule has 16 heavy (non-hydrogen) atoms. The smallest absolute Gasteiger partial charge is 0.134 e. The van der Waals surface area contributed by atoms with Gasteiger partial charge in [0.1, 0.15) is 17.3 Å². The summed E-state index contributed by atoms with van der Waals surface area (Å²) in [6.07, 6.45) is 1.48. The van der Waals surface area contributed by atoms with Crippen LogP contribution in [-0.4, -0.2) is 16.5 Å². The van der Waals surface area contributed by atoms with E-state index in [-0.39, 0.29) is 0 Å². The van der Waals surface area contributed by atoms with Crippen LogP contribution in [0.25, 0.3) is 0 Å². The van der Waals surface area contributed by atoms with Crippen molar-refractivity contribution in [3.05, 3.63) is 17.5 Å². The minimum Gasteiger partial charge on any atom is -0.370 e. The molecule has 0 atom stereocenters. The third kappa shape index (κ3) is 3.97. The van der Waals surface area contributed by atoms with Gasteiger partial charge in [0.25, 0.3) is 0 Å². The van der Waals surface area contributed by atoms with Gasteiger partial charge in [-0.3, -0.25) is 0 Å². The summed E-state index contributed by atoms with van der Waals surface area (Å²) < 4.78 is 0. The van der Waals surface area contributed by atoms with Gasteiger partial charge in [-0.25, -0.2) is 9.97 Å². The number of aromatic nitrogens is 2. The second-order valence-electron chi connectivity index (χ2n) is 4.76. The van der Waals surface area contributed by atoms with Gasteiger partial charge in [0, 0.05) is 12.6 Å². The summed E-state index contributed by atoms with van der Waals surface area (Å²) >= 11 is 5.79. The van der Waals surface area contributed by atoms with Crippen molar-refractivity contribution in [3.63, 3.8) is 0 Å². The average molecular weight is 242 g/mol. The van der Waals surface area contributed by atoms with Gasteiger partial charge in [0.2, 0.25) is 0 Å². The predicted octanol–water partition coefficient (Wildman–Crippen LogP) is 3.47. The first kappa shape index (κ1) is 13.2. The van der Waals surface area contributed by atoms with E-state index in [4.69, 9.17) is 11.6 Å². The molecule has 4 heteroatoms. The fourth-order valence-electron chi connectivity index (χ4n) is 1.89. The zero-order chi connectivity index (χ0) is 12.1. The molecule has 0 amide bonds. The molecule has 1 N–H and O–H groups in total. The number of halogens is 1. The number of hydrogen-bond acceptors (Lipinski definition) is 3. The zero-order valence-corrected chi connectivity index (χ0v) is 11.1. The van der Waals surface area contributed by atoms with Crippen LogP contribution in [0.3, 0.4) is 0 Å².